The molecule has 0 aliphatic heterocycles. The highest BCUT2D eigenvalue weighted by Gasteiger charge is 2.32. The molecule has 3 heteroatoms. The van der Waals surface area contributed by atoms with E-state index in [-0.39, 0.29) is 11.2 Å². The summed E-state index contributed by atoms with van der Waals surface area (Å²) in [5, 5.41) is 0.645. The second-order valence-corrected chi connectivity index (χ2v) is 6.52. The normalized spacial score (nSPS) is 12.2. The predicted molar refractivity (Wildman–Crippen MR) is 103 cm³/mol. The number of hydrogen-bond acceptors (Lipinski definition) is 2. The van der Waals surface area contributed by atoms with E-state index in [1.165, 1.54) is 0 Å². The number of hydrogen-bond donors (Lipinski definition) is 0. The molecule has 1 aliphatic carbocycles. The number of ketones is 1. The molecule has 1 aliphatic rings. The number of benzene rings is 3. The number of para-hydroxylation sites is 1. The molecule has 0 saturated carbocycles. The van der Waals surface area contributed by atoms with Gasteiger partial charge in [0.25, 0.3) is 0 Å². The van der Waals surface area contributed by atoms with Crippen molar-refractivity contribution < 1.29 is 4.79 Å². The van der Waals surface area contributed by atoms with Gasteiger partial charge in [-0.1, -0.05) is 66.7 Å². The van der Waals surface area contributed by atoms with Crippen molar-refractivity contribution in [3.8, 4) is 11.1 Å². The Balaban J connectivity index is 1.90. The Hall–Kier alpha value is -3.46. The van der Waals surface area contributed by atoms with Gasteiger partial charge < -0.3 is 4.57 Å². The van der Waals surface area contributed by atoms with Gasteiger partial charge in [0, 0.05) is 17.5 Å². The number of carbonyl (C=O) groups excluding carboxylic acids is 1. The number of rotatable bonds is 2. The molecule has 0 bridgehead atoms. The van der Waals surface area contributed by atoms with E-state index >= 15 is 0 Å². The molecule has 0 saturated heterocycles. The van der Waals surface area contributed by atoms with Crippen molar-refractivity contribution in [3.05, 3.63) is 106 Å². The SMILES string of the molecule is O=C1c2ccccc2-c2c1n(Cc1ccccc1)c1ccccc1c2=O. The topological polar surface area (TPSA) is 39.1 Å². The monoisotopic (exact) mass is 337 g/mol. The first kappa shape index (κ1) is 14.8. The first-order valence-electron chi connectivity index (χ1n) is 8.59. The summed E-state index contributed by atoms with van der Waals surface area (Å²) in [5.74, 6) is -0.0746. The minimum Gasteiger partial charge on any atom is -0.333 e. The molecule has 0 amide bonds. The van der Waals surface area contributed by atoms with E-state index in [1.54, 1.807) is 6.07 Å². The van der Waals surface area contributed by atoms with E-state index in [2.05, 4.69) is 0 Å². The van der Waals surface area contributed by atoms with Crippen LogP contribution in [0.4, 0.5) is 0 Å². The van der Waals surface area contributed by atoms with Crippen molar-refractivity contribution in [3.63, 3.8) is 0 Å². The molecule has 124 valence electrons. The van der Waals surface area contributed by atoms with Crippen LogP contribution < -0.4 is 5.43 Å². The molecule has 0 spiro atoms. The predicted octanol–water partition coefficient (Wildman–Crippen LogP) is 4.26. The van der Waals surface area contributed by atoms with E-state index in [9.17, 15) is 9.59 Å². The summed E-state index contributed by atoms with van der Waals surface area (Å²) in [6.45, 7) is 0.545. The second-order valence-electron chi connectivity index (χ2n) is 6.52. The van der Waals surface area contributed by atoms with Gasteiger partial charge in [-0.15, -0.1) is 0 Å². The lowest BCUT2D eigenvalue weighted by Gasteiger charge is -2.16. The summed E-state index contributed by atoms with van der Waals surface area (Å²) in [7, 11) is 0. The number of aromatic nitrogens is 1. The van der Waals surface area contributed by atoms with Crippen molar-refractivity contribution in [2.75, 3.05) is 0 Å². The van der Waals surface area contributed by atoms with Crippen molar-refractivity contribution in [1.29, 1.82) is 0 Å². The van der Waals surface area contributed by atoms with Crippen LogP contribution in [0.2, 0.25) is 0 Å². The molecular weight excluding hydrogens is 322 g/mol. The number of fused-ring (bicyclic) bond motifs is 4. The average molecular weight is 337 g/mol. The zero-order chi connectivity index (χ0) is 17.7. The van der Waals surface area contributed by atoms with Gasteiger partial charge >= 0.3 is 0 Å². The van der Waals surface area contributed by atoms with E-state index in [0.717, 1.165) is 16.6 Å². The molecule has 4 aromatic rings. The van der Waals surface area contributed by atoms with Crippen LogP contribution >= 0.6 is 0 Å². The Kier molecular flexibility index (Phi) is 3.16. The van der Waals surface area contributed by atoms with Crippen molar-refractivity contribution in [2.45, 2.75) is 6.54 Å². The molecule has 5 rings (SSSR count). The molecule has 0 N–H and O–H groups in total. The summed E-state index contributed by atoms with van der Waals surface area (Å²) in [5.41, 5.74) is 4.19. The highest BCUT2D eigenvalue weighted by molar-refractivity contribution is 6.21. The third kappa shape index (κ3) is 2.01. The molecule has 3 aromatic carbocycles. The van der Waals surface area contributed by atoms with Crippen LogP contribution in [0.15, 0.2) is 83.7 Å². The average Bonchev–Trinajstić information content (AvgIpc) is 2.99. The Bertz CT molecular complexity index is 1240. The smallest absolute Gasteiger partial charge is 0.210 e. The van der Waals surface area contributed by atoms with Crippen molar-refractivity contribution in [1.82, 2.24) is 4.57 Å². The lowest BCUT2D eigenvalue weighted by atomic mass is 10.0. The molecule has 0 unspecified atom stereocenters. The van der Waals surface area contributed by atoms with Gasteiger partial charge in [-0.2, -0.15) is 0 Å². The Labute approximate surface area is 150 Å². The molecule has 0 atom stereocenters. The van der Waals surface area contributed by atoms with Gasteiger partial charge in [-0.25, -0.2) is 0 Å². The van der Waals surface area contributed by atoms with Crippen LogP contribution in [0.3, 0.4) is 0 Å². The maximum absolute atomic E-state index is 13.2. The number of pyridine rings is 1. The lowest BCUT2D eigenvalue weighted by Crippen LogP contribution is -2.18. The molecule has 3 nitrogen and oxygen atoms in total. The van der Waals surface area contributed by atoms with Gasteiger partial charge in [-0.3, -0.25) is 9.59 Å². The van der Waals surface area contributed by atoms with Crippen LogP contribution in [-0.4, -0.2) is 10.4 Å². The third-order valence-electron chi connectivity index (χ3n) is 5.01. The summed E-state index contributed by atoms with van der Waals surface area (Å²) >= 11 is 0. The number of carbonyl (C=O) groups is 1. The first-order chi connectivity index (χ1) is 12.8. The molecule has 0 fully saturated rings. The molecule has 0 radical (unpaired) electrons. The van der Waals surface area contributed by atoms with E-state index in [1.807, 2.05) is 77.4 Å². The quantitative estimate of drug-likeness (QED) is 0.483. The molecule has 1 aromatic heterocycles. The highest BCUT2D eigenvalue weighted by atomic mass is 16.1. The maximum Gasteiger partial charge on any atom is 0.210 e. The fourth-order valence-electron chi connectivity index (χ4n) is 3.84. The van der Waals surface area contributed by atoms with E-state index < -0.39 is 0 Å². The van der Waals surface area contributed by atoms with Gasteiger partial charge in [-0.05, 0) is 23.3 Å². The standard InChI is InChI=1S/C23H15NO2/c25-22-18-12-6-7-13-19(18)24(14-15-8-2-1-3-9-15)21-20(22)16-10-4-5-11-17(16)23(21)26/h1-13H,14H2. The molecule has 26 heavy (non-hydrogen) atoms. The third-order valence-corrected chi connectivity index (χ3v) is 5.01. The summed E-state index contributed by atoms with van der Waals surface area (Å²) in [6, 6.07) is 24.9. The fourth-order valence-corrected chi connectivity index (χ4v) is 3.84. The van der Waals surface area contributed by atoms with Crippen LogP contribution in [0.5, 0.6) is 0 Å². The minimum atomic E-state index is -0.0746. The van der Waals surface area contributed by atoms with Crippen LogP contribution in [0.25, 0.3) is 22.0 Å². The molecular formula is C23H15NO2. The van der Waals surface area contributed by atoms with Crippen LogP contribution in [0, 0.1) is 0 Å². The Morgan fingerprint density at radius 3 is 2.15 bits per heavy atom. The van der Waals surface area contributed by atoms with Gasteiger partial charge in [0.05, 0.1) is 11.1 Å². The summed E-state index contributed by atoms with van der Waals surface area (Å²) in [4.78, 5) is 26.3. The highest BCUT2D eigenvalue weighted by Crippen LogP contribution is 2.36. The van der Waals surface area contributed by atoms with Gasteiger partial charge in [0.1, 0.15) is 5.69 Å². The number of nitrogens with zero attached hydrogens (tertiary/aromatic N) is 1. The largest absolute Gasteiger partial charge is 0.333 e. The maximum atomic E-state index is 13.2. The zero-order valence-electron chi connectivity index (χ0n) is 14.0. The second kappa shape index (κ2) is 5.53. The van der Waals surface area contributed by atoms with E-state index in [0.29, 0.717) is 28.8 Å². The van der Waals surface area contributed by atoms with Gasteiger partial charge in [0.15, 0.2) is 5.43 Å². The minimum absolute atomic E-state index is 0.0711. The summed E-state index contributed by atoms with van der Waals surface area (Å²) in [6.07, 6.45) is 0. The van der Waals surface area contributed by atoms with E-state index in [4.69, 9.17) is 0 Å². The van der Waals surface area contributed by atoms with Crippen LogP contribution in [0.1, 0.15) is 21.6 Å². The zero-order valence-corrected chi connectivity index (χ0v) is 14.0. The first-order valence-corrected chi connectivity index (χ1v) is 8.59. The van der Waals surface area contributed by atoms with Crippen LogP contribution in [-0.2, 0) is 6.54 Å². The lowest BCUT2D eigenvalue weighted by molar-refractivity contribution is 0.103. The summed E-state index contributed by atoms with van der Waals surface area (Å²) < 4.78 is 1.99. The van der Waals surface area contributed by atoms with Gasteiger partial charge in [0.2, 0.25) is 5.78 Å². The Morgan fingerprint density at radius 2 is 1.35 bits per heavy atom. The Morgan fingerprint density at radius 1 is 0.692 bits per heavy atom. The fraction of sp³-hybridized carbons (Fsp3) is 0.0435. The van der Waals surface area contributed by atoms with Crippen molar-refractivity contribution >= 4 is 16.7 Å². The van der Waals surface area contributed by atoms with Crippen molar-refractivity contribution in [2.24, 2.45) is 0 Å². The molecule has 1 heterocycles.